The minimum atomic E-state index is -0.449. The number of fused-ring (bicyclic) bond motifs is 1. The molecule has 0 aliphatic carbocycles. The summed E-state index contributed by atoms with van der Waals surface area (Å²) in [4.78, 5) is 57.1. The third-order valence-electron chi connectivity index (χ3n) is 6.93. The number of piperazine rings is 1. The highest BCUT2D eigenvalue weighted by atomic mass is 16.2. The van der Waals surface area contributed by atoms with Crippen molar-refractivity contribution in [3.05, 3.63) is 94.0 Å². The number of carbonyl (C=O) groups is 4. The van der Waals surface area contributed by atoms with Crippen LogP contribution in [0.15, 0.2) is 60.7 Å². The standard InChI is InChI=1S/C29H28N4O4/c1-18-4-5-19(2)25(16-18)33-28(36)23-11-8-21(17-24(23)29(33)37)26(34)30-22-9-6-20(7-10-22)27(35)32-14-12-31(3)13-15-32/h4-11,16-17H,12-15H2,1-3H3,(H,30,34). The van der Waals surface area contributed by atoms with Gasteiger partial charge >= 0.3 is 0 Å². The molecule has 2 aliphatic heterocycles. The van der Waals surface area contributed by atoms with Crippen LogP contribution >= 0.6 is 0 Å². The number of nitrogens with zero attached hydrogens (tertiary/aromatic N) is 3. The molecule has 0 atom stereocenters. The Morgan fingerprint density at radius 2 is 1.41 bits per heavy atom. The SMILES string of the molecule is Cc1ccc(C)c(N2C(=O)c3ccc(C(=O)Nc4ccc(C(=O)N5CCN(C)CC5)cc4)cc3C2=O)c1. The van der Waals surface area contributed by atoms with E-state index in [1.165, 1.54) is 23.1 Å². The molecule has 0 aromatic heterocycles. The average molecular weight is 497 g/mol. The van der Waals surface area contributed by atoms with Crippen molar-refractivity contribution >= 4 is 35.0 Å². The van der Waals surface area contributed by atoms with Gasteiger partial charge in [0.1, 0.15) is 0 Å². The van der Waals surface area contributed by atoms with Crippen LogP contribution in [0.1, 0.15) is 52.6 Å². The van der Waals surface area contributed by atoms with Crippen LogP contribution in [0.3, 0.4) is 0 Å². The molecule has 8 heteroatoms. The van der Waals surface area contributed by atoms with Gasteiger partial charge in [0.15, 0.2) is 0 Å². The Morgan fingerprint density at radius 1 is 0.757 bits per heavy atom. The Balaban J connectivity index is 1.30. The van der Waals surface area contributed by atoms with Gasteiger partial charge in [0, 0.05) is 43.0 Å². The van der Waals surface area contributed by atoms with E-state index in [1.807, 2.05) is 44.0 Å². The topological polar surface area (TPSA) is 90.0 Å². The van der Waals surface area contributed by atoms with Crippen molar-refractivity contribution in [2.24, 2.45) is 0 Å². The minimum Gasteiger partial charge on any atom is -0.336 e. The Labute approximate surface area is 215 Å². The summed E-state index contributed by atoms with van der Waals surface area (Å²) in [5, 5.41) is 2.81. The molecule has 188 valence electrons. The fraction of sp³-hybridized carbons (Fsp3) is 0.241. The molecule has 0 spiro atoms. The van der Waals surface area contributed by atoms with Gasteiger partial charge in [-0.2, -0.15) is 0 Å². The molecule has 1 fully saturated rings. The van der Waals surface area contributed by atoms with Gasteiger partial charge in [0.25, 0.3) is 23.6 Å². The van der Waals surface area contributed by atoms with Crippen molar-refractivity contribution in [3.8, 4) is 0 Å². The molecule has 0 radical (unpaired) electrons. The maximum absolute atomic E-state index is 13.2. The van der Waals surface area contributed by atoms with E-state index in [2.05, 4.69) is 10.2 Å². The van der Waals surface area contributed by atoms with Gasteiger partial charge in [-0.15, -0.1) is 0 Å². The number of hydrogen-bond donors (Lipinski definition) is 1. The molecule has 4 amide bonds. The summed E-state index contributed by atoms with van der Waals surface area (Å²) < 4.78 is 0. The van der Waals surface area contributed by atoms with E-state index in [9.17, 15) is 19.2 Å². The van der Waals surface area contributed by atoms with E-state index in [1.54, 1.807) is 24.3 Å². The van der Waals surface area contributed by atoms with Crippen molar-refractivity contribution in [1.82, 2.24) is 9.80 Å². The first kappa shape index (κ1) is 24.4. The van der Waals surface area contributed by atoms with Gasteiger partial charge in [-0.25, -0.2) is 4.90 Å². The summed E-state index contributed by atoms with van der Waals surface area (Å²) in [6, 6.07) is 16.9. The molecule has 3 aromatic carbocycles. The van der Waals surface area contributed by atoms with Crippen molar-refractivity contribution in [2.45, 2.75) is 13.8 Å². The number of amides is 4. The third kappa shape index (κ3) is 4.63. The highest BCUT2D eigenvalue weighted by molar-refractivity contribution is 6.35. The second-order valence-corrected chi connectivity index (χ2v) is 9.62. The van der Waals surface area contributed by atoms with Crippen LogP contribution in [0.4, 0.5) is 11.4 Å². The molecule has 2 aliphatic rings. The molecule has 1 N–H and O–H groups in total. The van der Waals surface area contributed by atoms with Gasteiger partial charge in [-0.05, 0) is 80.6 Å². The lowest BCUT2D eigenvalue weighted by molar-refractivity contribution is 0.0663. The summed E-state index contributed by atoms with van der Waals surface area (Å²) in [5.74, 6) is -1.29. The molecule has 8 nitrogen and oxygen atoms in total. The lowest BCUT2D eigenvalue weighted by atomic mass is 10.1. The second-order valence-electron chi connectivity index (χ2n) is 9.62. The molecular weight excluding hydrogens is 468 g/mol. The predicted molar refractivity (Wildman–Crippen MR) is 141 cm³/mol. The molecule has 0 unspecified atom stereocenters. The molecular formula is C29H28N4O4. The largest absolute Gasteiger partial charge is 0.336 e. The monoisotopic (exact) mass is 496 g/mol. The van der Waals surface area contributed by atoms with Gasteiger partial charge in [-0.1, -0.05) is 12.1 Å². The molecule has 2 heterocycles. The first-order valence-corrected chi connectivity index (χ1v) is 12.2. The second kappa shape index (κ2) is 9.63. The number of nitrogens with one attached hydrogen (secondary N) is 1. The number of anilines is 2. The summed E-state index contributed by atoms with van der Waals surface area (Å²) in [5.41, 5.74) is 4.13. The molecule has 37 heavy (non-hydrogen) atoms. The van der Waals surface area contributed by atoms with Crippen LogP contribution in [0, 0.1) is 13.8 Å². The zero-order valence-electron chi connectivity index (χ0n) is 21.1. The maximum atomic E-state index is 13.2. The summed E-state index contributed by atoms with van der Waals surface area (Å²) in [6.07, 6.45) is 0. The third-order valence-corrected chi connectivity index (χ3v) is 6.93. The molecule has 1 saturated heterocycles. The van der Waals surface area contributed by atoms with E-state index in [-0.39, 0.29) is 22.6 Å². The Kier molecular flexibility index (Phi) is 6.35. The van der Waals surface area contributed by atoms with Gasteiger partial charge in [-0.3, -0.25) is 19.2 Å². The highest BCUT2D eigenvalue weighted by Crippen LogP contribution is 2.32. The Bertz CT molecular complexity index is 1420. The molecule has 0 bridgehead atoms. The summed E-state index contributed by atoms with van der Waals surface area (Å²) in [7, 11) is 2.04. The number of carbonyl (C=O) groups excluding carboxylic acids is 4. The smallest absolute Gasteiger partial charge is 0.266 e. The van der Waals surface area contributed by atoms with Crippen molar-refractivity contribution in [3.63, 3.8) is 0 Å². The van der Waals surface area contributed by atoms with E-state index in [0.717, 1.165) is 24.2 Å². The van der Waals surface area contributed by atoms with Gasteiger partial charge in [0.05, 0.1) is 16.8 Å². The van der Waals surface area contributed by atoms with Crippen LogP contribution in [0.5, 0.6) is 0 Å². The zero-order chi connectivity index (χ0) is 26.3. The number of rotatable bonds is 4. The molecule has 3 aromatic rings. The first-order valence-electron chi connectivity index (χ1n) is 12.2. The first-order chi connectivity index (χ1) is 17.7. The lowest BCUT2D eigenvalue weighted by Gasteiger charge is -2.32. The average Bonchev–Trinajstić information content (AvgIpc) is 3.15. The van der Waals surface area contributed by atoms with E-state index in [4.69, 9.17) is 0 Å². The summed E-state index contributed by atoms with van der Waals surface area (Å²) in [6.45, 7) is 6.82. The fourth-order valence-electron chi connectivity index (χ4n) is 4.65. The van der Waals surface area contributed by atoms with Crippen LogP contribution in [-0.4, -0.2) is 66.7 Å². The Morgan fingerprint density at radius 3 is 2.11 bits per heavy atom. The predicted octanol–water partition coefficient (Wildman–Crippen LogP) is 3.74. The van der Waals surface area contributed by atoms with Crippen LogP contribution in [0.2, 0.25) is 0 Å². The lowest BCUT2D eigenvalue weighted by Crippen LogP contribution is -2.47. The molecule has 5 rings (SSSR count). The van der Waals surface area contributed by atoms with E-state index in [0.29, 0.717) is 30.0 Å². The normalized spacial score (nSPS) is 15.6. The van der Waals surface area contributed by atoms with Crippen LogP contribution < -0.4 is 10.2 Å². The van der Waals surface area contributed by atoms with E-state index < -0.39 is 17.7 Å². The van der Waals surface area contributed by atoms with Crippen molar-refractivity contribution < 1.29 is 19.2 Å². The highest BCUT2D eigenvalue weighted by Gasteiger charge is 2.37. The van der Waals surface area contributed by atoms with Crippen molar-refractivity contribution in [2.75, 3.05) is 43.4 Å². The maximum Gasteiger partial charge on any atom is 0.266 e. The van der Waals surface area contributed by atoms with Crippen molar-refractivity contribution in [1.29, 1.82) is 0 Å². The zero-order valence-corrected chi connectivity index (χ0v) is 21.1. The number of benzene rings is 3. The van der Waals surface area contributed by atoms with Crippen LogP contribution in [0.25, 0.3) is 0 Å². The van der Waals surface area contributed by atoms with E-state index >= 15 is 0 Å². The van der Waals surface area contributed by atoms with Crippen LogP contribution in [-0.2, 0) is 0 Å². The van der Waals surface area contributed by atoms with Gasteiger partial charge < -0.3 is 15.1 Å². The Hall–Kier alpha value is -4.30. The number of imide groups is 1. The quantitative estimate of drug-likeness (QED) is 0.556. The molecule has 0 saturated carbocycles. The number of likely N-dealkylation sites (N-methyl/N-ethyl adjacent to an activating group) is 1. The van der Waals surface area contributed by atoms with Gasteiger partial charge in [0.2, 0.25) is 0 Å². The minimum absolute atomic E-state index is 0.0267. The summed E-state index contributed by atoms with van der Waals surface area (Å²) >= 11 is 0. The number of aryl methyl sites for hydroxylation is 2. The number of hydrogen-bond acceptors (Lipinski definition) is 5. The fourth-order valence-corrected chi connectivity index (χ4v) is 4.65.